The molecule has 1 aromatic heterocycles. The summed E-state index contributed by atoms with van der Waals surface area (Å²) in [6, 6.07) is 3.37. The highest BCUT2D eigenvalue weighted by molar-refractivity contribution is 5.91. The molecule has 1 aromatic rings. The first-order chi connectivity index (χ1) is 10.4. The number of esters is 1. The van der Waals surface area contributed by atoms with Crippen LogP contribution in [0.25, 0.3) is 0 Å². The van der Waals surface area contributed by atoms with Gasteiger partial charge in [0.2, 0.25) is 0 Å². The van der Waals surface area contributed by atoms with Crippen LogP contribution in [-0.2, 0) is 14.3 Å². The molecule has 9 nitrogen and oxygen atoms in total. The van der Waals surface area contributed by atoms with E-state index >= 15 is 0 Å². The van der Waals surface area contributed by atoms with Crippen molar-refractivity contribution in [3.8, 4) is 0 Å². The van der Waals surface area contributed by atoms with Gasteiger partial charge in [0, 0.05) is 27.2 Å². The largest absolute Gasteiger partial charge is 0.483 e. The van der Waals surface area contributed by atoms with Crippen LogP contribution in [0.3, 0.4) is 0 Å². The van der Waals surface area contributed by atoms with Gasteiger partial charge in [-0.2, -0.15) is 0 Å². The van der Waals surface area contributed by atoms with Gasteiger partial charge in [0.05, 0.1) is 13.0 Å². The van der Waals surface area contributed by atoms with Gasteiger partial charge in [0.1, 0.15) is 0 Å². The first kappa shape index (κ1) is 17.3. The maximum Gasteiger partial charge on any atom is 0.312 e. The number of rotatable bonds is 3. The molecule has 22 heavy (non-hydrogen) atoms. The Morgan fingerprint density at radius 3 is 2.36 bits per heavy atom. The Bertz CT molecular complexity index is 526. The summed E-state index contributed by atoms with van der Waals surface area (Å²) in [5.41, 5.74) is 0.304. The second-order valence-corrected chi connectivity index (χ2v) is 4.71. The van der Waals surface area contributed by atoms with E-state index in [1.54, 1.807) is 26.2 Å². The lowest BCUT2D eigenvalue weighted by molar-refractivity contribution is -0.146. The fourth-order valence-electron chi connectivity index (χ4n) is 1.82. The predicted octanol–water partition coefficient (Wildman–Crippen LogP) is -0.512. The molecule has 2 heterocycles. The molecule has 2 rings (SSSR count). The van der Waals surface area contributed by atoms with Crippen LogP contribution in [-0.4, -0.2) is 72.8 Å². The summed E-state index contributed by atoms with van der Waals surface area (Å²) in [6.45, 7) is 0.894. The molecule has 0 bridgehead atoms. The van der Waals surface area contributed by atoms with E-state index in [0.29, 0.717) is 24.6 Å². The SMILES string of the molecule is COC(=O)C1CN(c2ccc(C(=O)N(C)C)nn2)C1.O=CO. The highest BCUT2D eigenvalue weighted by Gasteiger charge is 2.34. The Morgan fingerprint density at radius 1 is 1.36 bits per heavy atom. The van der Waals surface area contributed by atoms with Crippen molar-refractivity contribution >= 4 is 24.2 Å². The summed E-state index contributed by atoms with van der Waals surface area (Å²) in [5, 5.41) is 14.8. The van der Waals surface area contributed by atoms with Crippen molar-refractivity contribution in [2.75, 3.05) is 39.2 Å². The van der Waals surface area contributed by atoms with E-state index in [4.69, 9.17) is 9.90 Å². The molecule has 0 unspecified atom stereocenters. The molecule has 0 radical (unpaired) electrons. The topological polar surface area (TPSA) is 113 Å². The van der Waals surface area contributed by atoms with Gasteiger partial charge in [-0.25, -0.2) is 0 Å². The number of methoxy groups -OCH3 is 1. The van der Waals surface area contributed by atoms with Crippen molar-refractivity contribution in [1.29, 1.82) is 0 Å². The summed E-state index contributed by atoms with van der Waals surface area (Å²) in [6.07, 6.45) is 0. The number of hydrogen-bond donors (Lipinski definition) is 1. The quantitative estimate of drug-likeness (QED) is 0.586. The van der Waals surface area contributed by atoms with Crippen molar-refractivity contribution < 1.29 is 24.2 Å². The average molecular weight is 310 g/mol. The monoisotopic (exact) mass is 310 g/mol. The molecule has 0 spiro atoms. The molecule has 120 valence electrons. The van der Waals surface area contributed by atoms with Gasteiger partial charge in [-0.05, 0) is 12.1 Å². The van der Waals surface area contributed by atoms with Crippen LogP contribution in [0.4, 0.5) is 5.82 Å². The van der Waals surface area contributed by atoms with Crippen molar-refractivity contribution in [3.63, 3.8) is 0 Å². The summed E-state index contributed by atoms with van der Waals surface area (Å²) in [4.78, 5) is 34.6. The van der Waals surface area contributed by atoms with Gasteiger partial charge in [0.15, 0.2) is 11.5 Å². The normalized spacial score (nSPS) is 13.3. The van der Waals surface area contributed by atoms with Crippen LogP contribution in [0.1, 0.15) is 10.5 Å². The van der Waals surface area contributed by atoms with Gasteiger partial charge in [-0.1, -0.05) is 0 Å². The van der Waals surface area contributed by atoms with Gasteiger partial charge in [-0.3, -0.25) is 14.4 Å². The zero-order valence-electron chi connectivity index (χ0n) is 12.6. The smallest absolute Gasteiger partial charge is 0.312 e. The number of carboxylic acid groups (broad SMARTS) is 1. The molecule has 1 fully saturated rings. The molecule has 1 amide bonds. The third kappa shape index (κ3) is 4.14. The lowest BCUT2D eigenvalue weighted by Crippen LogP contribution is -2.51. The standard InChI is InChI=1S/C12H16N4O3.CH2O2/c1-15(2)11(17)9-4-5-10(14-13-9)16-6-8(7-16)12(18)19-3;2-1-3/h4-5,8H,6-7H2,1-3H3;1H,(H,2,3). The van der Waals surface area contributed by atoms with Gasteiger partial charge in [-0.15, -0.1) is 10.2 Å². The van der Waals surface area contributed by atoms with Crippen LogP contribution in [0.2, 0.25) is 0 Å². The van der Waals surface area contributed by atoms with Crippen molar-refractivity contribution in [1.82, 2.24) is 15.1 Å². The Morgan fingerprint density at radius 2 is 1.95 bits per heavy atom. The number of amides is 1. The maximum atomic E-state index is 11.6. The van der Waals surface area contributed by atoms with Crippen LogP contribution in [0.5, 0.6) is 0 Å². The highest BCUT2D eigenvalue weighted by Crippen LogP contribution is 2.22. The zero-order valence-corrected chi connectivity index (χ0v) is 12.6. The van der Waals surface area contributed by atoms with Crippen LogP contribution in [0.15, 0.2) is 12.1 Å². The van der Waals surface area contributed by atoms with Gasteiger partial charge >= 0.3 is 5.97 Å². The number of anilines is 1. The fraction of sp³-hybridized carbons (Fsp3) is 0.462. The highest BCUT2D eigenvalue weighted by atomic mass is 16.5. The Balaban J connectivity index is 0.000000745. The second-order valence-electron chi connectivity index (χ2n) is 4.71. The molecular formula is C13H18N4O5. The molecule has 0 aliphatic carbocycles. The lowest BCUT2D eigenvalue weighted by atomic mass is 10.0. The number of nitrogens with zero attached hydrogens (tertiary/aromatic N) is 4. The minimum absolute atomic E-state index is 0.102. The molecule has 0 saturated carbocycles. The van der Waals surface area contributed by atoms with E-state index in [2.05, 4.69) is 14.9 Å². The summed E-state index contributed by atoms with van der Waals surface area (Å²) in [5.74, 6) is 0.170. The summed E-state index contributed by atoms with van der Waals surface area (Å²) < 4.78 is 4.66. The fourth-order valence-corrected chi connectivity index (χ4v) is 1.82. The number of ether oxygens (including phenoxy) is 1. The third-order valence-electron chi connectivity index (χ3n) is 3.02. The summed E-state index contributed by atoms with van der Waals surface area (Å²) in [7, 11) is 4.70. The molecule has 1 N–H and O–H groups in total. The Labute approximate surface area is 127 Å². The molecule has 0 atom stereocenters. The molecule has 1 saturated heterocycles. The minimum atomic E-state index is -0.250. The second kappa shape index (κ2) is 7.91. The average Bonchev–Trinajstić information content (AvgIpc) is 2.46. The molecular weight excluding hydrogens is 292 g/mol. The van der Waals surface area contributed by atoms with Gasteiger partial charge < -0.3 is 19.6 Å². The van der Waals surface area contributed by atoms with Crippen LogP contribution >= 0.6 is 0 Å². The third-order valence-corrected chi connectivity index (χ3v) is 3.02. The van der Waals surface area contributed by atoms with Crippen molar-refractivity contribution in [3.05, 3.63) is 17.8 Å². The predicted molar refractivity (Wildman–Crippen MR) is 76.5 cm³/mol. The molecule has 1 aliphatic rings. The van der Waals surface area contributed by atoms with E-state index in [0.717, 1.165) is 0 Å². The van der Waals surface area contributed by atoms with Crippen LogP contribution < -0.4 is 4.90 Å². The molecule has 0 aromatic carbocycles. The first-order valence-electron chi connectivity index (χ1n) is 6.40. The summed E-state index contributed by atoms with van der Waals surface area (Å²) >= 11 is 0. The number of carbonyl (C=O) groups is 3. The van der Waals surface area contributed by atoms with E-state index in [9.17, 15) is 9.59 Å². The number of carbonyl (C=O) groups excluding carboxylic acids is 2. The van der Waals surface area contributed by atoms with Crippen molar-refractivity contribution in [2.45, 2.75) is 0 Å². The van der Waals surface area contributed by atoms with Gasteiger partial charge in [0.25, 0.3) is 12.4 Å². The molecule has 1 aliphatic heterocycles. The number of aromatic nitrogens is 2. The van der Waals surface area contributed by atoms with E-state index in [1.807, 2.05) is 4.90 Å². The van der Waals surface area contributed by atoms with E-state index in [1.165, 1.54) is 12.0 Å². The van der Waals surface area contributed by atoms with Crippen LogP contribution in [0, 0.1) is 5.92 Å². The first-order valence-corrected chi connectivity index (χ1v) is 6.40. The van der Waals surface area contributed by atoms with E-state index in [-0.39, 0.29) is 24.3 Å². The lowest BCUT2D eigenvalue weighted by Gasteiger charge is -2.37. The molecule has 9 heteroatoms. The minimum Gasteiger partial charge on any atom is -0.483 e. The van der Waals surface area contributed by atoms with E-state index < -0.39 is 0 Å². The number of hydrogen-bond acceptors (Lipinski definition) is 7. The maximum absolute atomic E-state index is 11.6. The Hall–Kier alpha value is -2.71. The zero-order chi connectivity index (χ0) is 16.7. The van der Waals surface area contributed by atoms with Crippen molar-refractivity contribution in [2.24, 2.45) is 5.92 Å². The Kier molecular flexibility index (Phi) is 6.24.